The summed E-state index contributed by atoms with van der Waals surface area (Å²) in [5.41, 5.74) is -0.278. The zero-order valence-electron chi connectivity index (χ0n) is 17.0. The second-order valence-electron chi connectivity index (χ2n) is 7.61. The zero-order valence-corrected chi connectivity index (χ0v) is 17.0. The molecule has 1 N–H and O–H groups in total. The fourth-order valence-electron chi connectivity index (χ4n) is 3.73. The summed E-state index contributed by atoms with van der Waals surface area (Å²) in [5.74, 6) is -3.81. The predicted octanol–water partition coefficient (Wildman–Crippen LogP) is 3.47. The molecule has 0 aliphatic carbocycles. The number of carbonyl (C=O) groups is 3. The molecule has 2 aliphatic rings. The number of benzene rings is 2. The van der Waals surface area contributed by atoms with Crippen molar-refractivity contribution < 1.29 is 45.6 Å². The maximum absolute atomic E-state index is 13.2. The fraction of sp³-hybridized carbons (Fsp3) is 0.286. The number of hydrogen-bond acceptors (Lipinski definition) is 5. The van der Waals surface area contributed by atoms with E-state index in [-0.39, 0.29) is 29.9 Å². The molecule has 2 aromatic carbocycles. The Morgan fingerprint density at radius 1 is 0.971 bits per heavy atom. The minimum Gasteiger partial charge on any atom is -0.361 e. The van der Waals surface area contributed by atoms with Crippen LogP contribution in [-0.2, 0) is 20.6 Å². The lowest BCUT2D eigenvalue weighted by atomic mass is 9.99. The number of anilines is 1. The van der Waals surface area contributed by atoms with Gasteiger partial charge in [0.2, 0.25) is 5.91 Å². The van der Waals surface area contributed by atoms with E-state index in [0.29, 0.717) is 10.6 Å². The molecule has 0 radical (unpaired) electrons. The zero-order chi connectivity index (χ0) is 24.8. The van der Waals surface area contributed by atoms with Crippen LogP contribution < -0.4 is 5.32 Å². The molecule has 0 spiro atoms. The van der Waals surface area contributed by atoms with Crippen LogP contribution in [0.15, 0.2) is 42.5 Å². The standard InChI is InChI=1S/C21H15F6N3O4/c22-20(23,24)13-3-1-2-11(8-13)12-4-5-15-14(9-12)18(32)30-7-6-29(10-16(30)17(31)28-15)34-19(33)21(25,26)27/h1-5,8-9,16H,6-7,10H2,(H,28,31)/t16-/m0/s1. The Balaban J connectivity index is 1.61. The number of piperazine rings is 1. The van der Waals surface area contributed by atoms with Crippen LogP contribution in [0.25, 0.3) is 11.1 Å². The quantitative estimate of drug-likeness (QED) is 0.657. The van der Waals surface area contributed by atoms with Crippen molar-refractivity contribution in [1.82, 2.24) is 9.96 Å². The number of halogens is 6. The molecule has 2 amide bonds. The monoisotopic (exact) mass is 487 g/mol. The molecule has 1 fully saturated rings. The number of fused-ring (bicyclic) bond motifs is 2. The average molecular weight is 487 g/mol. The first-order chi connectivity index (χ1) is 15.8. The minimum absolute atomic E-state index is 0.00602. The summed E-state index contributed by atoms with van der Waals surface area (Å²) in [6, 6.07) is 7.38. The van der Waals surface area contributed by atoms with Gasteiger partial charge in [-0.05, 0) is 35.4 Å². The maximum atomic E-state index is 13.2. The Bertz CT molecular complexity index is 1160. The third-order valence-electron chi connectivity index (χ3n) is 5.38. The smallest absolute Gasteiger partial charge is 0.361 e. The summed E-state index contributed by atoms with van der Waals surface area (Å²) < 4.78 is 76.7. The minimum atomic E-state index is -5.23. The van der Waals surface area contributed by atoms with Gasteiger partial charge in [0.1, 0.15) is 6.04 Å². The molecule has 2 aliphatic heterocycles. The summed E-state index contributed by atoms with van der Waals surface area (Å²) in [4.78, 5) is 42.3. The van der Waals surface area contributed by atoms with E-state index >= 15 is 0 Å². The van der Waals surface area contributed by atoms with Crippen molar-refractivity contribution in [2.45, 2.75) is 18.4 Å². The van der Waals surface area contributed by atoms with Crippen LogP contribution >= 0.6 is 0 Å². The lowest BCUT2D eigenvalue weighted by molar-refractivity contribution is -0.244. The van der Waals surface area contributed by atoms with Crippen molar-refractivity contribution in [3.63, 3.8) is 0 Å². The molecule has 1 saturated heterocycles. The molecular weight excluding hydrogens is 472 g/mol. The van der Waals surface area contributed by atoms with Crippen molar-refractivity contribution in [3.8, 4) is 11.1 Å². The summed E-state index contributed by atoms with van der Waals surface area (Å²) in [6.07, 6.45) is -9.79. The van der Waals surface area contributed by atoms with Crippen LogP contribution in [0.1, 0.15) is 15.9 Å². The van der Waals surface area contributed by atoms with Gasteiger partial charge >= 0.3 is 18.3 Å². The molecule has 0 bridgehead atoms. The third-order valence-corrected chi connectivity index (χ3v) is 5.38. The highest BCUT2D eigenvalue weighted by Crippen LogP contribution is 2.34. The highest BCUT2D eigenvalue weighted by atomic mass is 19.4. The van der Waals surface area contributed by atoms with Gasteiger partial charge in [-0.25, -0.2) is 4.79 Å². The molecule has 2 aromatic rings. The molecule has 4 rings (SSSR count). The Morgan fingerprint density at radius 3 is 2.35 bits per heavy atom. The van der Waals surface area contributed by atoms with Gasteiger partial charge in [0.15, 0.2) is 0 Å². The van der Waals surface area contributed by atoms with E-state index in [4.69, 9.17) is 0 Å². The van der Waals surface area contributed by atoms with Gasteiger partial charge < -0.3 is 15.1 Å². The summed E-state index contributed by atoms with van der Waals surface area (Å²) >= 11 is 0. The maximum Gasteiger partial charge on any atom is 0.492 e. The number of nitrogens with zero attached hydrogens (tertiary/aromatic N) is 2. The number of carbonyl (C=O) groups excluding carboxylic acids is 3. The van der Waals surface area contributed by atoms with E-state index in [1.807, 2.05) is 0 Å². The molecular formula is C21H15F6N3O4. The molecule has 13 heteroatoms. The molecule has 1 atom stereocenters. The van der Waals surface area contributed by atoms with Crippen molar-refractivity contribution >= 4 is 23.5 Å². The first-order valence-corrected chi connectivity index (χ1v) is 9.82. The number of alkyl halides is 6. The number of hydroxylamine groups is 2. The van der Waals surface area contributed by atoms with Crippen molar-refractivity contribution in [1.29, 1.82) is 0 Å². The largest absolute Gasteiger partial charge is 0.492 e. The van der Waals surface area contributed by atoms with Crippen LogP contribution in [0.5, 0.6) is 0 Å². The van der Waals surface area contributed by atoms with Crippen LogP contribution in [-0.4, -0.2) is 59.6 Å². The third kappa shape index (κ3) is 4.55. The Hall–Kier alpha value is -3.61. The van der Waals surface area contributed by atoms with Gasteiger partial charge in [-0.1, -0.05) is 18.2 Å². The van der Waals surface area contributed by atoms with E-state index in [2.05, 4.69) is 10.2 Å². The van der Waals surface area contributed by atoms with E-state index in [9.17, 15) is 40.7 Å². The van der Waals surface area contributed by atoms with Crippen LogP contribution in [0.3, 0.4) is 0 Å². The lowest BCUT2D eigenvalue weighted by Gasteiger charge is -2.37. The van der Waals surface area contributed by atoms with Gasteiger partial charge in [-0.2, -0.15) is 26.3 Å². The van der Waals surface area contributed by atoms with Crippen LogP contribution in [0, 0.1) is 0 Å². The van der Waals surface area contributed by atoms with Crippen LogP contribution in [0.4, 0.5) is 32.0 Å². The van der Waals surface area contributed by atoms with Gasteiger partial charge in [0.05, 0.1) is 29.9 Å². The molecule has 7 nitrogen and oxygen atoms in total. The van der Waals surface area contributed by atoms with Crippen LogP contribution in [0.2, 0.25) is 0 Å². The summed E-state index contributed by atoms with van der Waals surface area (Å²) in [6.45, 7) is -0.997. The number of nitrogens with one attached hydrogen (secondary N) is 1. The van der Waals surface area contributed by atoms with Crippen molar-refractivity contribution in [2.75, 3.05) is 25.0 Å². The molecule has 180 valence electrons. The van der Waals surface area contributed by atoms with Gasteiger partial charge in [0, 0.05) is 6.54 Å². The number of rotatable bonds is 2. The topological polar surface area (TPSA) is 79.0 Å². The van der Waals surface area contributed by atoms with Crippen molar-refractivity contribution in [2.24, 2.45) is 0 Å². The Labute approximate surface area is 187 Å². The highest BCUT2D eigenvalue weighted by molar-refractivity contribution is 6.10. The molecule has 0 saturated carbocycles. The predicted molar refractivity (Wildman–Crippen MR) is 104 cm³/mol. The van der Waals surface area contributed by atoms with Gasteiger partial charge in [-0.15, -0.1) is 5.06 Å². The number of hydrogen-bond donors (Lipinski definition) is 1. The molecule has 0 unspecified atom stereocenters. The average Bonchev–Trinajstić information content (AvgIpc) is 2.87. The Morgan fingerprint density at radius 2 is 1.68 bits per heavy atom. The normalized spacial score (nSPS) is 19.1. The van der Waals surface area contributed by atoms with Gasteiger partial charge in [-0.3, -0.25) is 9.59 Å². The van der Waals surface area contributed by atoms with Gasteiger partial charge in [0.25, 0.3) is 5.91 Å². The summed E-state index contributed by atoms with van der Waals surface area (Å²) in [7, 11) is 0. The second kappa shape index (κ2) is 8.31. The van der Waals surface area contributed by atoms with E-state index < -0.39 is 48.3 Å². The molecule has 2 heterocycles. The van der Waals surface area contributed by atoms with E-state index in [0.717, 1.165) is 17.0 Å². The van der Waals surface area contributed by atoms with Crippen molar-refractivity contribution in [3.05, 3.63) is 53.6 Å². The molecule has 0 aromatic heterocycles. The Kier molecular flexibility index (Phi) is 5.75. The first-order valence-electron chi connectivity index (χ1n) is 9.82. The fourth-order valence-corrected chi connectivity index (χ4v) is 3.73. The van der Waals surface area contributed by atoms with E-state index in [1.54, 1.807) is 0 Å². The first kappa shape index (κ1) is 23.5. The highest BCUT2D eigenvalue weighted by Gasteiger charge is 2.45. The van der Waals surface area contributed by atoms with E-state index in [1.165, 1.54) is 30.3 Å². The second-order valence-corrected chi connectivity index (χ2v) is 7.61. The summed E-state index contributed by atoms with van der Waals surface area (Å²) in [5, 5.41) is 3.16. The number of amides is 2. The lowest BCUT2D eigenvalue weighted by Crippen LogP contribution is -2.59. The SMILES string of the molecule is O=C1Nc2ccc(-c3cccc(C(F)(F)F)c3)cc2C(=O)N2CCN(OC(=O)C(F)(F)F)C[C@@H]12. The molecule has 34 heavy (non-hydrogen) atoms.